The standard InChI is InChI=1S/C15H32N4O2/c1-15(2,19(4)5)12-18-14(16-3)17-8-6-9-21-13-7-10-20-11-13/h13H,6-12H2,1-5H3,(H2,16,17,18). The largest absolute Gasteiger partial charge is 0.379 e. The first kappa shape index (κ1) is 18.2. The fraction of sp³-hybridized carbons (Fsp3) is 0.933. The Morgan fingerprint density at radius 1 is 1.38 bits per heavy atom. The van der Waals surface area contributed by atoms with Crippen molar-refractivity contribution in [1.82, 2.24) is 15.5 Å². The van der Waals surface area contributed by atoms with Crippen molar-refractivity contribution in [2.75, 3.05) is 54.1 Å². The number of likely N-dealkylation sites (N-methyl/N-ethyl adjacent to an activating group) is 1. The first-order valence-electron chi connectivity index (χ1n) is 7.77. The van der Waals surface area contributed by atoms with Gasteiger partial charge in [0.1, 0.15) is 0 Å². The van der Waals surface area contributed by atoms with Gasteiger partial charge in [-0.25, -0.2) is 0 Å². The molecule has 1 heterocycles. The highest BCUT2D eigenvalue weighted by Gasteiger charge is 2.20. The van der Waals surface area contributed by atoms with Crippen LogP contribution in [0.5, 0.6) is 0 Å². The lowest BCUT2D eigenvalue weighted by molar-refractivity contribution is 0.0420. The summed E-state index contributed by atoms with van der Waals surface area (Å²) in [6, 6.07) is 0. The molecule has 2 N–H and O–H groups in total. The van der Waals surface area contributed by atoms with Gasteiger partial charge in [-0.05, 0) is 40.8 Å². The number of aliphatic imine (C=N–C) groups is 1. The van der Waals surface area contributed by atoms with E-state index in [1.807, 2.05) is 0 Å². The van der Waals surface area contributed by atoms with Crippen molar-refractivity contribution < 1.29 is 9.47 Å². The van der Waals surface area contributed by atoms with E-state index in [2.05, 4.69) is 48.5 Å². The first-order valence-corrected chi connectivity index (χ1v) is 7.77. The zero-order chi connectivity index (χ0) is 15.7. The molecule has 124 valence electrons. The van der Waals surface area contributed by atoms with Crippen LogP contribution in [0.2, 0.25) is 0 Å². The van der Waals surface area contributed by atoms with Crippen LogP contribution in [0.4, 0.5) is 0 Å². The molecule has 0 bridgehead atoms. The van der Waals surface area contributed by atoms with Gasteiger partial charge in [0.05, 0.1) is 12.7 Å². The number of rotatable bonds is 8. The molecule has 1 aliphatic heterocycles. The summed E-state index contributed by atoms with van der Waals surface area (Å²) in [5.41, 5.74) is 0.0865. The van der Waals surface area contributed by atoms with Crippen LogP contribution in [0.25, 0.3) is 0 Å². The van der Waals surface area contributed by atoms with E-state index in [-0.39, 0.29) is 5.54 Å². The highest BCUT2D eigenvalue weighted by molar-refractivity contribution is 5.79. The summed E-state index contributed by atoms with van der Waals surface area (Å²) in [6.45, 7) is 8.44. The van der Waals surface area contributed by atoms with E-state index < -0.39 is 0 Å². The monoisotopic (exact) mass is 300 g/mol. The van der Waals surface area contributed by atoms with Gasteiger partial charge in [0.2, 0.25) is 0 Å². The van der Waals surface area contributed by atoms with Gasteiger partial charge in [0, 0.05) is 38.9 Å². The number of nitrogens with one attached hydrogen (secondary N) is 2. The van der Waals surface area contributed by atoms with Crippen molar-refractivity contribution in [3.8, 4) is 0 Å². The molecule has 0 aromatic heterocycles. The number of ether oxygens (including phenoxy) is 2. The minimum Gasteiger partial charge on any atom is -0.379 e. The van der Waals surface area contributed by atoms with Crippen LogP contribution in [0.15, 0.2) is 4.99 Å². The fourth-order valence-corrected chi connectivity index (χ4v) is 1.85. The molecular formula is C15H32N4O2. The second-order valence-corrected chi connectivity index (χ2v) is 6.27. The average Bonchev–Trinajstić information content (AvgIpc) is 2.94. The van der Waals surface area contributed by atoms with Crippen LogP contribution >= 0.6 is 0 Å². The predicted molar refractivity (Wildman–Crippen MR) is 86.9 cm³/mol. The second-order valence-electron chi connectivity index (χ2n) is 6.27. The maximum Gasteiger partial charge on any atom is 0.191 e. The smallest absolute Gasteiger partial charge is 0.191 e. The molecule has 1 atom stereocenters. The van der Waals surface area contributed by atoms with Crippen LogP contribution in [0.3, 0.4) is 0 Å². The highest BCUT2D eigenvalue weighted by Crippen LogP contribution is 2.08. The lowest BCUT2D eigenvalue weighted by atomic mass is 10.0. The van der Waals surface area contributed by atoms with E-state index in [1.165, 1.54) is 0 Å². The molecule has 0 aromatic carbocycles. The minimum absolute atomic E-state index is 0.0865. The summed E-state index contributed by atoms with van der Waals surface area (Å²) >= 11 is 0. The topological polar surface area (TPSA) is 58.1 Å². The molecule has 1 aliphatic rings. The van der Waals surface area contributed by atoms with Crippen molar-refractivity contribution >= 4 is 5.96 Å². The van der Waals surface area contributed by atoms with Crippen LogP contribution < -0.4 is 10.6 Å². The van der Waals surface area contributed by atoms with Crippen LogP contribution in [-0.2, 0) is 9.47 Å². The Morgan fingerprint density at radius 3 is 2.71 bits per heavy atom. The Balaban J connectivity index is 2.11. The van der Waals surface area contributed by atoms with E-state index in [0.29, 0.717) is 6.10 Å². The SMILES string of the molecule is CN=C(NCCCOC1CCOC1)NCC(C)(C)N(C)C. The van der Waals surface area contributed by atoms with Gasteiger partial charge >= 0.3 is 0 Å². The predicted octanol–water partition coefficient (Wildman–Crippen LogP) is 0.687. The van der Waals surface area contributed by atoms with Crippen molar-refractivity contribution in [1.29, 1.82) is 0 Å². The molecule has 6 heteroatoms. The van der Waals surface area contributed by atoms with E-state index >= 15 is 0 Å². The lowest BCUT2D eigenvalue weighted by Gasteiger charge is -2.33. The maximum atomic E-state index is 5.73. The van der Waals surface area contributed by atoms with E-state index in [4.69, 9.17) is 9.47 Å². The number of hydrogen-bond donors (Lipinski definition) is 2. The molecule has 0 spiro atoms. The molecule has 1 rings (SSSR count). The molecule has 1 fully saturated rings. The molecule has 0 aromatic rings. The van der Waals surface area contributed by atoms with Crippen molar-refractivity contribution in [3.63, 3.8) is 0 Å². The molecule has 0 saturated carbocycles. The normalized spacial score (nSPS) is 20.1. The van der Waals surface area contributed by atoms with Gasteiger partial charge in [-0.2, -0.15) is 0 Å². The van der Waals surface area contributed by atoms with Gasteiger partial charge in [-0.1, -0.05) is 0 Å². The Hall–Kier alpha value is -0.850. The average molecular weight is 300 g/mol. The molecule has 0 radical (unpaired) electrons. The van der Waals surface area contributed by atoms with Gasteiger partial charge in [-0.3, -0.25) is 4.99 Å². The number of guanidine groups is 1. The molecule has 1 unspecified atom stereocenters. The Morgan fingerprint density at radius 2 is 2.14 bits per heavy atom. The van der Waals surface area contributed by atoms with Gasteiger partial charge in [-0.15, -0.1) is 0 Å². The zero-order valence-corrected chi connectivity index (χ0v) is 14.2. The molecule has 21 heavy (non-hydrogen) atoms. The Bertz CT molecular complexity index is 313. The molecular weight excluding hydrogens is 268 g/mol. The second kappa shape index (κ2) is 9.23. The quantitative estimate of drug-likeness (QED) is 0.392. The van der Waals surface area contributed by atoms with Crippen molar-refractivity contribution in [3.05, 3.63) is 0 Å². The third kappa shape index (κ3) is 7.11. The molecule has 0 amide bonds. The fourth-order valence-electron chi connectivity index (χ4n) is 1.85. The van der Waals surface area contributed by atoms with Crippen LogP contribution in [-0.4, -0.2) is 76.6 Å². The molecule has 1 saturated heterocycles. The van der Waals surface area contributed by atoms with Crippen LogP contribution in [0, 0.1) is 0 Å². The van der Waals surface area contributed by atoms with Crippen molar-refractivity contribution in [2.24, 2.45) is 4.99 Å². The third-order valence-electron chi connectivity index (χ3n) is 3.98. The number of hydrogen-bond acceptors (Lipinski definition) is 4. The first-order chi connectivity index (χ1) is 9.95. The van der Waals surface area contributed by atoms with Gasteiger partial charge in [0.25, 0.3) is 0 Å². The number of nitrogens with zero attached hydrogens (tertiary/aromatic N) is 2. The summed E-state index contributed by atoms with van der Waals surface area (Å²) in [5, 5.41) is 6.67. The van der Waals surface area contributed by atoms with E-state index in [1.54, 1.807) is 7.05 Å². The summed E-state index contributed by atoms with van der Waals surface area (Å²) < 4.78 is 11.0. The van der Waals surface area contributed by atoms with Crippen LogP contribution in [0.1, 0.15) is 26.7 Å². The molecule has 0 aliphatic carbocycles. The highest BCUT2D eigenvalue weighted by atomic mass is 16.5. The summed E-state index contributed by atoms with van der Waals surface area (Å²) in [7, 11) is 5.97. The Kier molecular flexibility index (Phi) is 8.00. The summed E-state index contributed by atoms with van der Waals surface area (Å²) in [4.78, 5) is 6.44. The third-order valence-corrected chi connectivity index (χ3v) is 3.98. The summed E-state index contributed by atoms with van der Waals surface area (Å²) in [5.74, 6) is 0.842. The maximum absolute atomic E-state index is 5.73. The minimum atomic E-state index is 0.0865. The Labute approximate surface area is 129 Å². The van der Waals surface area contributed by atoms with Crippen molar-refractivity contribution in [2.45, 2.75) is 38.3 Å². The van der Waals surface area contributed by atoms with E-state index in [9.17, 15) is 0 Å². The van der Waals surface area contributed by atoms with Gasteiger partial charge in [0.15, 0.2) is 5.96 Å². The van der Waals surface area contributed by atoms with E-state index in [0.717, 1.165) is 51.7 Å². The zero-order valence-electron chi connectivity index (χ0n) is 14.2. The molecule has 6 nitrogen and oxygen atoms in total. The lowest BCUT2D eigenvalue weighted by Crippen LogP contribution is -2.51. The van der Waals surface area contributed by atoms with Gasteiger partial charge < -0.3 is 25.0 Å². The summed E-state index contributed by atoms with van der Waals surface area (Å²) in [6.07, 6.45) is 2.29.